The van der Waals surface area contributed by atoms with Crippen LogP contribution in [0.3, 0.4) is 0 Å². The van der Waals surface area contributed by atoms with E-state index in [1.165, 1.54) is 30.5 Å². The summed E-state index contributed by atoms with van der Waals surface area (Å²) in [6.45, 7) is -0.189. The zero-order valence-electron chi connectivity index (χ0n) is 16.6. The number of fused-ring (bicyclic) bond motifs is 1. The van der Waals surface area contributed by atoms with E-state index in [4.69, 9.17) is 4.74 Å². The number of sulfonamides is 2. The van der Waals surface area contributed by atoms with Gasteiger partial charge in [-0.25, -0.2) is 21.8 Å². The number of benzene rings is 2. The van der Waals surface area contributed by atoms with Crippen molar-refractivity contribution in [3.05, 3.63) is 60.1 Å². The van der Waals surface area contributed by atoms with Crippen molar-refractivity contribution < 1.29 is 26.4 Å². The molecule has 1 amide bonds. The number of rotatable bonds is 6. The number of para-hydroxylation sites is 2. The lowest BCUT2D eigenvalue weighted by Gasteiger charge is -2.33. The van der Waals surface area contributed by atoms with Crippen LogP contribution >= 0.6 is 11.3 Å². The van der Waals surface area contributed by atoms with E-state index in [1.54, 1.807) is 29.6 Å². The molecular weight excluding hydrogens is 476 g/mol. The zero-order valence-corrected chi connectivity index (χ0v) is 19.1. The number of nitrogens with zero attached hydrogens (tertiary/aromatic N) is 2. The lowest BCUT2D eigenvalue weighted by atomic mass is 10.2. The van der Waals surface area contributed by atoms with Crippen molar-refractivity contribution in [2.45, 2.75) is 11.0 Å². The summed E-state index contributed by atoms with van der Waals surface area (Å²) >= 11 is 1.15. The molecule has 3 aromatic rings. The second-order valence-corrected chi connectivity index (χ2v) is 11.3. The van der Waals surface area contributed by atoms with E-state index >= 15 is 0 Å². The highest BCUT2D eigenvalue weighted by molar-refractivity contribution is 7.93. The summed E-state index contributed by atoms with van der Waals surface area (Å²) in [4.78, 5) is 16.6. The standard InChI is InChI=1S/C19H18N4O6S3/c1-31(25,26)23-12-17(29-16-5-3-2-4-15(16)23)18(24)21-13-6-8-14(9-7-13)32(27,28)22-19-20-10-11-30-19/h2-11,17H,12H2,1H3,(H,20,22)(H,21,24)/t17-/m1/s1. The van der Waals surface area contributed by atoms with E-state index in [9.17, 15) is 21.6 Å². The highest BCUT2D eigenvalue weighted by Gasteiger charge is 2.34. The van der Waals surface area contributed by atoms with Crippen LogP contribution in [0.5, 0.6) is 5.75 Å². The highest BCUT2D eigenvalue weighted by Crippen LogP contribution is 2.34. The van der Waals surface area contributed by atoms with E-state index in [0.717, 1.165) is 21.9 Å². The summed E-state index contributed by atoms with van der Waals surface area (Å²) in [6, 6.07) is 12.1. The molecule has 0 saturated carbocycles. The van der Waals surface area contributed by atoms with Crippen LogP contribution in [-0.4, -0.2) is 46.6 Å². The third-order valence-electron chi connectivity index (χ3n) is 4.51. The second kappa shape index (κ2) is 8.41. The van der Waals surface area contributed by atoms with Crippen molar-refractivity contribution in [2.24, 2.45) is 0 Å². The minimum Gasteiger partial charge on any atom is -0.476 e. The maximum atomic E-state index is 12.7. The first kappa shape index (κ1) is 22.0. The number of amides is 1. The van der Waals surface area contributed by atoms with Gasteiger partial charge in [-0.2, -0.15) is 0 Å². The fourth-order valence-electron chi connectivity index (χ4n) is 3.04. The maximum Gasteiger partial charge on any atom is 0.267 e. The molecule has 0 bridgehead atoms. The van der Waals surface area contributed by atoms with E-state index < -0.39 is 32.1 Å². The third-order valence-corrected chi connectivity index (χ3v) is 7.83. The van der Waals surface area contributed by atoms with Gasteiger partial charge in [-0.15, -0.1) is 11.3 Å². The number of hydrogen-bond donors (Lipinski definition) is 2. The molecule has 32 heavy (non-hydrogen) atoms. The van der Waals surface area contributed by atoms with Gasteiger partial charge in [0, 0.05) is 17.3 Å². The van der Waals surface area contributed by atoms with Crippen LogP contribution in [0.4, 0.5) is 16.5 Å². The predicted molar refractivity (Wildman–Crippen MR) is 121 cm³/mol. The molecule has 1 aliphatic heterocycles. The van der Waals surface area contributed by atoms with Gasteiger partial charge in [0.25, 0.3) is 15.9 Å². The number of thiazole rings is 1. The first-order chi connectivity index (χ1) is 15.1. The monoisotopic (exact) mass is 494 g/mol. The van der Waals surface area contributed by atoms with Crippen molar-refractivity contribution in [2.75, 3.05) is 27.1 Å². The molecule has 10 nitrogen and oxygen atoms in total. The van der Waals surface area contributed by atoms with E-state index in [0.29, 0.717) is 11.4 Å². The zero-order chi connectivity index (χ0) is 22.9. The summed E-state index contributed by atoms with van der Waals surface area (Å²) in [5, 5.41) is 4.52. The second-order valence-electron chi connectivity index (χ2n) is 6.82. The summed E-state index contributed by atoms with van der Waals surface area (Å²) in [6.07, 6.45) is 1.45. The average Bonchev–Trinajstić information content (AvgIpc) is 3.25. The van der Waals surface area contributed by atoms with Gasteiger partial charge in [-0.3, -0.25) is 13.8 Å². The van der Waals surface area contributed by atoms with Crippen molar-refractivity contribution in [1.29, 1.82) is 0 Å². The summed E-state index contributed by atoms with van der Waals surface area (Å²) in [5.74, 6) is -0.288. The number of nitrogens with one attached hydrogen (secondary N) is 2. The van der Waals surface area contributed by atoms with Gasteiger partial charge in [0.2, 0.25) is 10.0 Å². The molecular formula is C19H18N4O6S3. The minimum atomic E-state index is -3.82. The SMILES string of the molecule is CS(=O)(=O)N1C[C@H](C(=O)Nc2ccc(S(=O)(=O)Nc3nccs3)cc2)Oc2ccccc21. The van der Waals surface area contributed by atoms with Gasteiger partial charge in [0.15, 0.2) is 11.2 Å². The first-order valence-corrected chi connectivity index (χ1v) is 13.4. The van der Waals surface area contributed by atoms with Crippen molar-refractivity contribution in [3.63, 3.8) is 0 Å². The van der Waals surface area contributed by atoms with Crippen LogP contribution in [0.25, 0.3) is 0 Å². The molecule has 2 aromatic carbocycles. The number of carbonyl (C=O) groups is 1. The van der Waals surface area contributed by atoms with Crippen LogP contribution in [0.1, 0.15) is 0 Å². The summed E-state index contributed by atoms with van der Waals surface area (Å²) in [5.41, 5.74) is 0.693. The Hall–Kier alpha value is -3.16. The Morgan fingerprint density at radius 2 is 1.84 bits per heavy atom. The van der Waals surface area contributed by atoms with E-state index in [1.807, 2.05) is 0 Å². The normalized spacial score (nSPS) is 16.0. The quantitative estimate of drug-likeness (QED) is 0.536. The molecule has 13 heteroatoms. The molecule has 1 aliphatic rings. The van der Waals surface area contributed by atoms with Crippen LogP contribution in [0, 0.1) is 0 Å². The summed E-state index contributed by atoms with van der Waals surface area (Å²) in [7, 11) is -7.45. The van der Waals surface area contributed by atoms with Gasteiger partial charge >= 0.3 is 0 Å². The Kier molecular flexibility index (Phi) is 5.79. The topological polar surface area (TPSA) is 135 Å². The molecule has 0 saturated heterocycles. The fourth-order valence-corrected chi connectivity index (χ4v) is 5.74. The van der Waals surface area contributed by atoms with E-state index in [-0.39, 0.29) is 22.3 Å². The first-order valence-electron chi connectivity index (χ1n) is 9.20. The molecule has 0 unspecified atom stereocenters. The lowest BCUT2D eigenvalue weighted by Crippen LogP contribution is -2.48. The highest BCUT2D eigenvalue weighted by atomic mass is 32.2. The molecule has 4 rings (SSSR count). The molecule has 1 atom stereocenters. The maximum absolute atomic E-state index is 12.7. The van der Waals surface area contributed by atoms with E-state index in [2.05, 4.69) is 15.0 Å². The molecule has 0 aliphatic carbocycles. The molecule has 0 radical (unpaired) electrons. The Bertz CT molecular complexity index is 1340. The lowest BCUT2D eigenvalue weighted by molar-refractivity contribution is -0.122. The Morgan fingerprint density at radius 3 is 2.50 bits per heavy atom. The number of ether oxygens (including phenoxy) is 1. The smallest absolute Gasteiger partial charge is 0.267 e. The van der Waals surface area contributed by atoms with Crippen molar-refractivity contribution >= 4 is 53.8 Å². The number of carbonyl (C=O) groups excluding carboxylic acids is 1. The molecule has 2 N–H and O–H groups in total. The molecule has 0 spiro atoms. The van der Waals surface area contributed by atoms with Gasteiger partial charge in [0.05, 0.1) is 23.4 Å². The third kappa shape index (κ3) is 4.69. The fraction of sp³-hybridized carbons (Fsp3) is 0.158. The van der Waals surface area contributed by atoms with Crippen LogP contribution in [0.2, 0.25) is 0 Å². The van der Waals surface area contributed by atoms with Crippen LogP contribution in [-0.2, 0) is 24.8 Å². The average molecular weight is 495 g/mol. The molecule has 2 heterocycles. The van der Waals surface area contributed by atoms with Crippen molar-refractivity contribution in [3.8, 4) is 5.75 Å². The van der Waals surface area contributed by atoms with Gasteiger partial charge < -0.3 is 10.1 Å². The van der Waals surface area contributed by atoms with Crippen molar-refractivity contribution in [1.82, 2.24) is 4.98 Å². The number of anilines is 3. The predicted octanol–water partition coefficient (Wildman–Crippen LogP) is 2.11. The molecule has 168 valence electrons. The number of aromatic nitrogens is 1. The Balaban J connectivity index is 1.48. The molecule has 1 aromatic heterocycles. The summed E-state index contributed by atoms with van der Waals surface area (Å²) < 4.78 is 58.4. The Morgan fingerprint density at radius 1 is 1.12 bits per heavy atom. The van der Waals surface area contributed by atoms with Gasteiger partial charge in [0.1, 0.15) is 5.75 Å². The largest absolute Gasteiger partial charge is 0.476 e. The minimum absolute atomic E-state index is 0.00297. The van der Waals surface area contributed by atoms with Crippen LogP contribution in [0.15, 0.2) is 65.0 Å². The van der Waals surface area contributed by atoms with Gasteiger partial charge in [-0.05, 0) is 36.4 Å². The molecule has 0 fully saturated rings. The van der Waals surface area contributed by atoms with Crippen LogP contribution < -0.4 is 19.1 Å². The Labute approximate surface area is 189 Å². The number of hydrogen-bond acceptors (Lipinski definition) is 8. The van der Waals surface area contributed by atoms with Gasteiger partial charge in [-0.1, -0.05) is 12.1 Å².